The lowest BCUT2D eigenvalue weighted by Gasteiger charge is -2.33. The van der Waals surface area contributed by atoms with Crippen LogP contribution in [0.15, 0.2) is 58.6 Å². The molecule has 0 bridgehead atoms. The summed E-state index contributed by atoms with van der Waals surface area (Å²) in [6, 6.07) is 13.6. The number of hydrogen-bond donors (Lipinski definition) is 0. The lowest BCUT2D eigenvalue weighted by molar-refractivity contribution is -0.0956. The van der Waals surface area contributed by atoms with Crippen LogP contribution < -0.4 is 0 Å². The van der Waals surface area contributed by atoms with Crippen molar-refractivity contribution < 1.29 is 14.3 Å². The van der Waals surface area contributed by atoms with Crippen molar-refractivity contribution in [3.63, 3.8) is 0 Å². The first kappa shape index (κ1) is 17.5. The number of pyridine rings is 1. The molecule has 0 unspecified atom stereocenters. The van der Waals surface area contributed by atoms with E-state index < -0.39 is 0 Å². The van der Waals surface area contributed by atoms with Gasteiger partial charge in [0, 0.05) is 35.7 Å². The van der Waals surface area contributed by atoms with Gasteiger partial charge in [-0.25, -0.2) is 4.98 Å². The third-order valence-corrected chi connectivity index (χ3v) is 5.78. The number of benzene rings is 1. The Labute approximate surface area is 157 Å². The van der Waals surface area contributed by atoms with Crippen LogP contribution in [0.5, 0.6) is 0 Å². The average molecular weight is 370 g/mol. The molecule has 5 nitrogen and oxygen atoms in total. The fourth-order valence-corrected chi connectivity index (χ4v) is 4.17. The van der Waals surface area contributed by atoms with Gasteiger partial charge in [0.1, 0.15) is 5.03 Å². The molecule has 2 aliphatic rings. The molecular formula is C20H22N2O3S. The second-order valence-corrected chi connectivity index (χ2v) is 7.63. The van der Waals surface area contributed by atoms with Crippen molar-refractivity contribution in [2.24, 2.45) is 5.92 Å². The number of nitrogens with zero attached hydrogens (tertiary/aromatic N) is 2. The number of carbonyl (C=O) groups excluding carboxylic acids is 1. The normalized spacial score (nSPS) is 19.0. The Morgan fingerprint density at radius 1 is 1.04 bits per heavy atom. The van der Waals surface area contributed by atoms with Crippen LogP contribution in [0, 0.1) is 5.92 Å². The Bertz CT molecular complexity index is 724. The number of piperidine rings is 1. The Hall–Kier alpha value is -1.89. The summed E-state index contributed by atoms with van der Waals surface area (Å²) in [5.74, 6) is 0.504. The van der Waals surface area contributed by atoms with Crippen LogP contribution in [0.1, 0.15) is 23.2 Å². The first-order chi connectivity index (χ1) is 12.8. The predicted octanol–water partition coefficient (Wildman–Crippen LogP) is 3.46. The van der Waals surface area contributed by atoms with Gasteiger partial charge in [-0.2, -0.15) is 0 Å². The summed E-state index contributed by atoms with van der Waals surface area (Å²) in [4.78, 5) is 20.1. The van der Waals surface area contributed by atoms with E-state index in [4.69, 9.17) is 9.47 Å². The number of likely N-dealkylation sites (tertiary alicyclic amines) is 1. The molecule has 26 heavy (non-hydrogen) atoms. The van der Waals surface area contributed by atoms with Crippen LogP contribution in [0.2, 0.25) is 0 Å². The van der Waals surface area contributed by atoms with Gasteiger partial charge < -0.3 is 14.4 Å². The summed E-state index contributed by atoms with van der Waals surface area (Å²) in [7, 11) is 0. The highest BCUT2D eigenvalue weighted by Crippen LogP contribution is 2.28. The Balaban J connectivity index is 1.33. The highest BCUT2D eigenvalue weighted by atomic mass is 32.2. The van der Waals surface area contributed by atoms with Crippen molar-refractivity contribution in [3.05, 3.63) is 54.2 Å². The zero-order valence-corrected chi connectivity index (χ0v) is 15.4. The van der Waals surface area contributed by atoms with Crippen LogP contribution in [-0.4, -0.2) is 48.4 Å². The summed E-state index contributed by atoms with van der Waals surface area (Å²) in [6.45, 7) is 2.90. The monoisotopic (exact) mass is 370 g/mol. The second-order valence-electron chi connectivity index (χ2n) is 6.53. The second kappa shape index (κ2) is 8.20. The lowest BCUT2D eigenvalue weighted by Crippen LogP contribution is -2.41. The quantitative estimate of drug-likeness (QED) is 0.825. The maximum absolute atomic E-state index is 12.7. The smallest absolute Gasteiger partial charge is 0.253 e. The fraction of sp³-hybridized carbons (Fsp3) is 0.400. The first-order valence-electron chi connectivity index (χ1n) is 9.01. The number of carbonyl (C=O) groups is 1. The predicted molar refractivity (Wildman–Crippen MR) is 99.1 cm³/mol. The molecule has 0 N–H and O–H groups in total. The van der Waals surface area contributed by atoms with Crippen LogP contribution in [0.25, 0.3) is 0 Å². The van der Waals surface area contributed by atoms with E-state index in [9.17, 15) is 4.79 Å². The minimum absolute atomic E-state index is 0.0739. The summed E-state index contributed by atoms with van der Waals surface area (Å²) in [6.07, 6.45) is 3.58. The maximum atomic E-state index is 12.7. The van der Waals surface area contributed by atoms with E-state index in [1.54, 1.807) is 18.0 Å². The van der Waals surface area contributed by atoms with Gasteiger partial charge in [-0.05, 0) is 49.2 Å². The minimum atomic E-state index is -0.0739. The van der Waals surface area contributed by atoms with E-state index in [-0.39, 0.29) is 12.2 Å². The number of ether oxygens (including phenoxy) is 2. The molecule has 2 fully saturated rings. The van der Waals surface area contributed by atoms with Crippen molar-refractivity contribution in [2.75, 3.05) is 26.3 Å². The molecule has 1 aromatic carbocycles. The van der Waals surface area contributed by atoms with Gasteiger partial charge in [0.2, 0.25) is 0 Å². The van der Waals surface area contributed by atoms with Crippen LogP contribution in [-0.2, 0) is 9.47 Å². The summed E-state index contributed by atoms with van der Waals surface area (Å²) in [5, 5.41) is 0.949. The van der Waals surface area contributed by atoms with Crippen molar-refractivity contribution in [2.45, 2.75) is 29.1 Å². The highest BCUT2D eigenvalue weighted by Gasteiger charge is 2.31. The molecule has 0 radical (unpaired) electrons. The number of amides is 1. The Morgan fingerprint density at radius 2 is 1.77 bits per heavy atom. The largest absolute Gasteiger partial charge is 0.350 e. The summed E-state index contributed by atoms with van der Waals surface area (Å²) < 4.78 is 11.2. The number of aromatic nitrogens is 1. The molecule has 1 aromatic heterocycles. The molecule has 1 amide bonds. The Morgan fingerprint density at radius 3 is 2.42 bits per heavy atom. The van der Waals surface area contributed by atoms with E-state index in [1.165, 1.54) is 0 Å². The SMILES string of the molecule is O=C(c1ccc(Sc2ccccn2)cc1)N1CCC(C2OCCO2)CC1. The highest BCUT2D eigenvalue weighted by molar-refractivity contribution is 7.99. The van der Waals surface area contributed by atoms with Crippen LogP contribution in [0.4, 0.5) is 0 Å². The maximum Gasteiger partial charge on any atom is 0.253 e. The first-order valence-corrected chi connectivity index (χ1v) is 9.83. The van der Waals surface area contributed by atoms with E-state index in [0.717, 1.165) is 41.4 Å². The molecule has 2 aliphatic heterocycles. The molecule has 2 saturated heterocycles. The minimum Gasteiger partial charge on any atom is -0.350 e. The number of hydrogen-bond acceptors (Lipinski definition) is 5. The van der Waals surface area contributed by atoms with Crippen molar-refractivity contribution in [1.29, 1.82) is 0 Å². The summed E-state index contributed by atoms with van der Waals surface area (Å²) >= 11 is 1.59. The van der Waals surface area contributed by atoms with E-state index in [2.05, 4.69) is 4.98 Å². The third kappa shape index (κ3) is 4.09. The molecule has 3 heterocycles. The van der Waals surface area contributed by atoms with Gasteiger partial charge in [-0.15, -0.1) is 0 Å². The molecule has 2 aromatic rings. The van der Waals surface area contributed by atoms with Gasteiger partial charge in [0.25, 0.3) is 5.91 Å². The average Bonchev–Trinajstić information content (AvgIpc) is 3.24. The van der Waals surface area contributed by atoms with Gasteiger partial charge >= 0.3 is 0 Å². The molecule has 0 aliphatic carbocycles. The molecule has 6 heteroatoms. The van der Waals surface area contributed by atoms with Gasteiger partial charge in [-0.1, -0.05) is 17.8 Å². The molecule has 4 rings (SSSR count). The third-order valence-electron chi connectivity index (χ3n) is 4.82. The number of rotatable bonds is 4. The molecule has 136 valence electrons. The van der Waals surface area contributed by atoms with E-state index >= 15 is 0 Å². The van der Waals surface area contributed by atoms with Crippen molar-refractivity contribution in [3.8, 4) is 0 Å². The molecule has 0 atom stereocenters. The van der Waals surface area contributed by atoms with Gasteiger partial charge in [0.05, 0.1) is 13.2 Å². The fourth-order valence-electron chi connectivity index (χ4n) is 3.40. The molecule has 0 saturated carbocycles. The zero-order chi connectivity index (χ0) is 17.8. The van der Waals surface area contributed by atoms with Gasteiger partial charge in [-0.3, -0.25) is 4.79 Å². The Kier molecular flexibility index (Phi) is 5.53. The standard InChI is InChI=1S/C20H22N2O3S/c23-19(22-11-8-16(9-12-22)20-24-13-14-25-20)15-4-6-17(7-5-15)26-18-3-1-2-10-21-18/h1-7,10,16,20H,8-9,11-14H2. The van der Waals surface area contributed by atoms with E-state index in [0.29, 0.717) is 19.1 Å². The van der Waals surface area contributed by atoms with Crippen LogP contribution >= 0.6 is 11.8 Å². The lowest BCUT2D eigenvalue weighted by atomic mass is 9.95. The zero-order valence-electron chi connectivity index (χ0n) is 14.5. The van der Waals surface area contributed by atoms with Crippen LogP contribution in [0.3, 0.4) is 0 Å². The molecular weight excluding hydrogens is 348 g/mol. The van der Waals surface area contributed by atoms with Gasteiger partial charge in [0.15, 0.2) is 6.29 Å². The van der Waals surface area contributed by atoms with E-state index in [1.807, 2.05) is 47.4 Å². The molecule has 0 spiro atoms. The summed E-state index contributed by atoms with van der Waals surface area (Å²) in [5.41, 5.74) is 0.738. The van der Waals surface area contributed by atoms with Crippen molar-refractivity contribution >= 4 is 17.7 Å². The topological polar surface area (TPSA) is 51.7 Å². The van der Waals surface area contributed by atoms with Crippen molar-refractivity contribution in [1.82, 2.24) is 9.88 Å².